The Morgan fingerprint density at radius 1 is 1.42 bits per heavy atom. The number of nitrogens with two attached hydrogens (primary N) is 1. The summed E-state index contributed by atoms with van der Waals surface area (Å²) in [6.45, 7) is 4.77. The van der Waals surface area contributed by atoms with Crippen LogP contribution in [-0.4, -0.2) is 70.0 Å². The van der Waals surface area contributed by atoms with E-state index in [1.165, 1.54) is 0 Å². The highest BCUT2D eigenvalue weighted by molar-refractivity contribution is 5.78. The Hall–Kier alpha value is -0.690. The first kappa shape index (κ1) is 16.4. The number of carbonyl (C=O) groups is 1. The summed E-state index contributed by atoms with van der Waals surface area (Å²) in [6, 6.07) is 0.264. The normalized spacial score (nSPS) is 16.8. The maximum Gasteiger partial charge on any atom is 0.234 e. The van der Waals surface area contributed by atoms with Gasteiger partial charge >= 0.3 is 0 Å². The molecule has 0 atom stereocenters. The van der Waals surface area contributed by atoms with Gasteiger partial charge in [0.1, 0.15) is 0 Å². The van der Waals surface area contributed by atoms with Crippen molar-refractivity contribution in [2.24, 2.45) is 5.73 Å². The Morgan fingerprint density at radius 3 is 2.79 bits per heavy atom. The van der Waals surface area contributed by atoms with Gasteiger partial charge in [-0.3, -0.25) is 9.69 Å². The summed E-state index contributed by atoms with van der Waals surface area (Å²) in [7, 11) is 1.67. The average Bonchev–Trinajstić information content (AvgIpc) is 2.43. The molecule has 1 fully saturated rings. The van der Waals surface area contributed by atoms with E-state index < -0.39 is 0 Å². The molecular weight excluding hydrogens is 246 g/mol. The van der Waals surface area contributed by atoms with Crippen molar-refractivity contribution in [2.45, 2.75) is 25.3 Å². The molecular formula is C13H27N3O3. The minimum atomic E-state index is 0.0834. The number of hydrogen-bond acceptors (Lipinski definition) is 5. The minimum absolute atomic E-state index is 0.0834. The van der Waals surface area contributed by atoms with E-state index in [0.717, 1.165) is 45.6 Å². The summed E-state index contributed by atoms with van der Waals surface area (Å²) in [5.41, 5.74) is 5.51. The first-order chi connectivity index (χ1) is 9.26. The highest BCUT2D eigenvalue weighted by Gasteiger charge is 2.17. The lowest BCUT2D eigenvalue weighted by atomic mass is 10.1. The van der Waals surface area contributed by atoms with E-state index in [0.29, 0.717) is 19.7 Å². The van der Waals surface area contributed by atoms with Crippen LogP contribution in [0.25, 0.3) is 0 Å². The highest BCUT2D eigenvalue weighted by atomic mass is 16.5. The monoisotopic (exact) mass is 273 g/mol. The Bertz CT molecular complexity index is 237. The van der Waals surface area contributed by atoms with Crippen LogP contribution in [0, 0.1) is 0 Å². The van der Waals surface area contributed by atoms with Crippen LogP contribution >= 0.6 is 0 Å². The van der Waals surface area contributed by atoms with Gasteiger partial charge in [-0.05, 0) is 32.4 Å². The third-order valence-corrected chi connectivity index (χ3v) is 3.24. The zero-order chi connectivity index (χ0) is 13.9. The fourth-order valence-corrected chi connectivity index (χ4v) is 2.12. The van der Waals surface area contributed by atoms with Gasteiger partial charge in [0.25, 0.3) is 0 Å². The summed E-state index contributed by atoms with van der Waals surface area (Å²) < 4.78 is 10.3. The predicted molar refractivity (Wildman–Crippen MR) is 74.0 cm³/mol. The number of rotatable bonds is 9. The second kappa shape index (κ2) is 10.1. The molecule has 1 rings (SSSR count). The second-order valence-electron chi connectivity index (χ2n) is 4.87. The first-order valence-electron chi connectivity index (χ1n) is 7.04. The van der Waals surface area contributed by atoms with Gasteiger partial charge in [-0.2, -0.15) is 0 Å². The molecule has 0 aromatic carbocycles. The first-order valence-corrected chi connectivity index (χ1v) is 7.04. The molecule has 1 amide bonds. The Kier molecular flexibility index (Phi) is 8.73. The SMILES string of the molecule is COCCN(CCCN)CC(=O)NC1CCOCC1. The van der Waals surface area contributed by atoms with Crippen molar-refractivity contribution >= 4 is 5.91 Å². The van der Waals surface area contributed by atoms with Crippen molar-refractivity contribution in [3.63, 3.8) is 0 Å². The van der Waals surface area contributed by atoms with Crippen molar-refractivity contribution in [2.75, 3.05) is 53.1 Å². The largest absolute Gasteiger partial charge is 0.383 e. The molecule has 0 aromatic heterocycles. The van der Waals surface area contributed by atoms with Crippen molar-refractivity contribution < 1.29 is 14.3 Å². The lowest BCUT2D eigenvalue weighted by molar-refractivity contribution is -0.123. The molecule has 0 spiro atoms. The maximum absolute atomic E-state index is 12.0. The maximum atomic E-state index is 12.0. The number of ether oxygens (including phenoxy) is 2. The summed E-state index contributed by atoms with van der Waals surface area (Å²) in [5.74, 6) is 0.0834. The molecule has 0 aliphatic carbocycles. The number of nitrogens with one attached hydrogen (secondary N) is 1. The van der Waals surface area contributed by atoms with Crippen LogP contribution in [0.2, 0.25) is 0 Å². The van der Waals surface area contributed by atoms with Crippen molar-refractivity contribution in [3.8, 4) is 0 Å². The number of amides is 1. The molecule has 19 heavy (non-hydrogen) atoms. The smallest absolute Gasteiger partial charge is 0.234 e. The standard InChI is InChI=1S/C13H27N3O3/c1-18-10-7-16(6-2-5-14)11-13(17)15-12-3-8-19-9-4-12/h12H,2-11,14H2,1H3,(H,15,17). The van der Waals surface area contributed by atoms with Gasteiger partial charge in [-0.15, -0.1) is 0 Å². The van der Waals surface area contributed by atoms with E-state index in [1.54, 1.807) is 7.11 Å². The molecule has 0 bridgehead atoms. The number of methoxy groups -OCH3 is 1. The Morgan fingerprint density at radius 2 is 2.16 bits per heavy atom. The zero-order valence-corrected chi connectivity index (χ0v) is 11.9. The van der Waals surface area contributed by atoms with Gasteiger partial charge < -0.3 is 20.5 Å². The molecule has 112 valence electrons. The molecule has 1 aliphatic rings. The van der Waals surface area contributed by atoms with Gasteiger partial charge in [-0.25, -0.2) is 0 Å². The lowest BCUT2D eigenvalue weighted by Gasteiger charge is -2.26. The van der Waals surface area contributed by atoms with E-state index >= 15 is 0 Å². The molecule has 0 radical (unpaired) electrons. The Labute approximate surface area is 115 Å². The fraction of sp³-hybridized carbons (Fsp3) is 0.923. The van der Waals surface area contributed by atoms with Crippen LogP contribution in [0.5, 0.6) is 0 Å². The Balaban J connectivity index is 2.27. The van der Waals surface area contributed by atoms with Crippen molar-refractivity contribution in [3.05, 3.63) is 0 Å². The van der Waals surface area contributed by atoms with E-state index in [9.17, 15) is 4.79 Å². The van der Waals surface area contributed by atoms with Crippen molar-refractivity contribution in [1.29, 1.82) is 0 Å². The van der Waals surface area contributed by atoms with Crippen LogP contribution in [0.1, 0.15) is 19.3 Å². The molecule has 1 heterocycles. The van der Waals surface area contributed by atoms with E-state index in [4.69, 9.17) is 15.2 Å². The molecule has 0 aromatic rings. The van der Waals surface area contributed by atoms with Crippen LogP contribution in [-0.2, 0) is 14.3 Å². The molecule has 6 nitrogen and oxygen atoms in total. The summed E-state index contributed by atoms with van der Waals surface area (Å²) in [6.07, 6.45) is 2.72. The van der Waals surface area contributed by atoms with Gasteiger partial charge in [0.15, 0.2) is 0 Å². The van der Waals surface area contributed by atoms with Crippen LogP contribution in [0.3, 0.4) is 0 Å². The second-order valence-corrected chi connectivity index (χ2v) is 4.87. The highest BCUT2D eigenvalue weighted by Crippen LogP contribution is 2.06. The molecule has 0 saturated carbocycles. The summed E-state index contributed by atoms with van der Waals surface area (Å²) >= 11 is 0. The summed E-state index contributed by atoms with van der Waals surface area (Å²) in [4.78, 5) is 14.1. The summed E-state index contributed by atoms with van der Waals surface area (Å²) in [5, 5.41) is 3.07. The molecule has 1 saturated heterocycles. The average molecular weight is 273 g/mol. The van der Waals surface area contributed by atoms with Crippen molar-refractivity contribution in [1.82, 2.24) is 10.2 Å². The van der Waals surface area contributed by atoms with Gasteiger partial charge in [0, 0.05) is 32.9 Å². The van der Waals surface area contributed by atoms with E-state index in [2.05, 4.69) is 10.2 Å². The number of nitrogens with zero attached hydrogens (tertiary/aromatic N) is 1. The van der Waals surface area contributed by atoms with Crippen LogP contribution in [0.4, 0.5) is 0 Å². The topological polar surface area (TPSA) is 76.8 Å². The molecule has 0 unspecified atom stereocenters. The van der Waals surface area contributed by atoms with Crippen LogP contribution < -0.4 is 11.1 Å². The third kappa shape index (κ3) is 7.47. The van der Waals surface area contributed by atoms with E-state index in [1.807, 2.05) is 0 Å². The predicted octanol–water partition coefficient (Wildman–Crippen LogP) is -0.421. The molecule has 3 N–H and O–H groups in total. The number of hydrogen-bond donors (Lipinski definition) is 2. The van der Waals surface area contributed by atoms with Gasteiger partial charge in [-0.1, -0.05) is 0 Å². The molecule has 6 heteroatoms. The fourth-order valence-electron chi connectivity index (χ4n) is 2.12. The zero-order valence-electron chi connectivity index (χ0n) is 11.9. The van der Waals surface area contributed by atoms with E-state index in [-0.39, 0.29) is 11.9 Å². The number of carbonyl (C=O) groups excluding carboxylic acids is 1. The third-order valence-electron chi connectivity index (χ3n) is 3.24. The van der Waals surface area contributed by atoms with Gasteiger partial charge in [0.2, 0.25) is 5.91 Å². The van der Waals surface area contributed by atoms with Gasteiger partial charge in [0.05, 0.1) is 13.2 Å². The molecule has 1 aliphatic heterocycles. The lowest BCUT2D eigenvalue weighted by Crippen LogP contribution is -2.45. The van der Waals surface area contributed by atoms with Crippen LogP contribution in [0.15, 0.2) is 0 Å². The minimum Gasteiger partial charge on any atom is -0.383 e. The quantitative estimate of drug-likeness (QED) is 0.596.